The lowest BCUT2D eigenvalue weighted by atomic mass is 10.2. The van der Waals surface area contributed by atoms with Crippen molar-refractivity contribution in [3.05, 3.63) is 93.0 Å². The average Bonchev–Trinajstić information content (AvgIpc) is 2.79. The molecule has 33 heavy (non-hydrogen) atoms. The first-order chi connectivity index (χ1) is 15.7. The van der Waals surface area contributed by atoms with Crippen molar-refractivity contribution in [2.45, 2.75) is 4.90 Å². The molecule has 1 amide bonds. The molecule has 3 aromatic rings. The molecule has 170 valence electrons. The third kappa shape index (κ3) is 5.84. The molecule has 0 saturated heterocycles. The molecule has 0 fully saturated rings. The molecule has 3 aromatic carbocycles. The largest absolute Gasteiger partial charge is 0.493 e. The molecule has 0 atom stereocenters. The summed E-state index contributed by atoms with van der Waals surface area (Å²) < 4.78 is 35.5. The van der Waals surface area contributed by atoms with E-state index in [1.807, 2.05) is 0 Å². The van der Waals surface area contributed by atoms with Crippen LogP contribution in [0.4, 0.5) is 5.69 Å². The van der Waals surface area contributed by atoms with Gasteiger partial charge in [0.05, 0.1) is 18.2 Å². The van der Waals surface area contributed by atoms with E-state index >= 15 is 0 Å². The summed E-state index contributed by atoms with van der Waals surface area (Å²) in [5.74, 6) is -0.630. The summed E-state index contributed by atoms with van der Waals surface area (Å²) in [4.78, 5) is 21.8. The van der Waals surface area contributed by atoms with Crippen molar-refractivity contribution >= 4 is 39.5 Å². The lowest BCUT2D eigenvalue weighted by molar-refractivity contribution is -0.387. The van der Waals surface area contributed by atoms with Gasteiger partial charge in [0.1, 0.15) is 0 Å². The Kier molecular flexibility index (Phi) is 7.26. The molecule has 0 aliphatic heterocycles. The standard InChI is InChI=1S/C21H16ClN3O7S/c1-31-19-11-14(13-23-24-21(26)15-5-4-6-16(22)12-15)9-10-18(19)32-33(29,30)20-8-3-2-7-17(20)25(27)28/h2-13H,1H3,(H,24,26)/b23-13-. The number of nitrogens with one attached hydrogen (secondary N) is 1. The van der Waals surface area contributed by atoms with Crippen LogP contribution < -0.4 is 14.3 Å². The molecular formula is C21H16ClN3O7S. The predicted octanol–water partition coefficient (Wildman–Crippen LogP) is 3.79. The van der Waals surface area contributed by atoms with Crippen molar-refractivity contribution in [1.29, 1.82) is 0 Å². The summed E-state index contributed by atoms with van der Waals surface area (Å²) in [7, 11) is -3.23. The zero-order valence-electron chi connectivity index (χ0n) is 17.0. The lowest BCUT2D eigenvalue weighted by Crippen LogP contribution is -2.17. The topological polar surface area (TPSA) is 137 Å². The van der Waals surface area contributed by atoms with E-state index in [2.05, 4.69) is 10.5 Å². The number of hydrazone groups is 1. The van der Waals surface area contributed by atoms with Crippen molar-refractivity contribution in [2.75, 3.05) is 7.11 Å². The minimum Gasteiger partial charge on any atom is -0.493 e. The molecule has 0 spiro atoms. The highest BCUT2D eigenvalue weighted by Crippen LogP contribution is 2.32. The fourth-order valence-corrected chi connectivity index (χ4v) is 3.97. The van der Waals surface area contributed by atoms with Crippen molar-refractivity contribution < 1.29 is 27.1 Å². The molecule has 0 aromatic heterocycles. The number of amides is 1. The van der Waals surface area contributed by atoms with Gasteiger partial charge in [-0.1, -0.05) is 29.8 Å². The maximum absolute atomic E-state index is 12.6. The van der Waals surface area contributed by atoms with E-state index in [1.54, 1.807) is 18.2 Å². The predicted molar refractivity (Wildman–Crippen MR) is 120 cm³/mol. The molecule has 0 heterocycles. The first kappa shape index (κ1) is 23.7. The molecule has 0 radical (unpaired) electrons. The van der Waals surface area contributed by atoms with Gasteiger partial charge in [0, 0.05) is 16.7 Å². The van der Waals surface area contributed by atoms with Crippen LogP contribution in [0.3, 0.4) is 0 Å². The number of ether oxygens (including phenoxy) is 1. The second kappa shape index (κ2) is 10.1. The minimum atomic E-state index is -4.52. The van der Waals surface area contributed by atoms with Crippen LogP contribution in [0.5, 0.6) is 11.5 Å². The average molecular weight is 490 g/mol. The summed E-state index contributed by atoms with van der Waals surface area (Å²) in [6, 6.07) is 15.3. The van der Waals surface area contributed by atoms with Crippen molar-refractivity contribution in [1.82, 2.24) is 5.43 Å². The third-order valence-electron chi connectivity index (χ3n) is 4.18. The number of halogens is 1. The van der Waals surface area contributed by atoms with Crippen LogP contribution in [-0.2, 0) is 10.1 Å². The number of benzene rings is 3. The quantitative estimate of drug-likeness (QED) is 0.220. The molecule has 10 nitrogen and oxygen atoms in total. The number of para-hydroxylation sites is 1. The van der Waals surface area contributed by atoms with Gasteiger partial charge in [0.15, 0.2) is 16.4 Å². The highest BCUT2D eigenvalue weighted by atomic mass is 35.5. The Morgan fingerprint density at radius 2 is 1.85 bits per heavy atom. The number of nitrogens with zero attached hydrogens (tertiary/aromatic N) is 2. The summed E-state index contributed by atoms with van der Waals surface area (Å²) in [5, 5.41) is 15.4. The monoisotopic (exact) mass is 489 g/mol. The Bertz CT molecular complexity index is 1340. The van der Waals surface area contributed by atoms with E-state index < -0.39 is 31.5 Å². The van der Waals surface area contributed by atoms with Gasteiger partial charge in [-0.15, -0.1) is 0 Å². The second-order valence-corrected chi connectivity index (χ2v) is 8.33. The van der Waals surface area contributed by atoms with Crippen LogP contribution in [0.2, 0.25) is 5.02 Å². The SMILES string of the molecule is COc1cc(/C=N\NC(=O)c2cccc(Cl)c2)ccc1OS(=O)(=O)c1ccccc1[N+](=O)[O-]. The highest BCUT2D eigenvalue weighted by Gasteiger charge is 2.28. The van der Waals surface area contributed by atoms with Crippen molar-refractivity contribution in [3.8, 4) is 11.5 Å². The smallest absolute Gasteiger partial charge is 0.346 e. The van der Waals surface area contributed by atoms with Crippen LogP contribution in [0.15, 0.2) is 76.7 Å². The van der Waals surface area contributed by atoms with Gasteiger partial charge in [-0.3, -0.25) is 14.9 Å². The molecular weight excluding hydrogens is 474 g/mol. The number of nitro benzene ring substituents is 1. The van der Waals surface area contributed by atoms with Gasteiger partial charge in [0.25, 0.3) is 11.6 Å². The number of carbonyl (C=O) groups excluding carboxylic acids is 1. The number of carbonyl (C=O) groups is 1. The molecule has 0 aliphatic carbocycles. The van der Waals surface area contributed by atoms with Crippen LogP contribution >= 0.6 is 11.6 Å². The van der Waals surface area contributed by atoms with E-state index in [-0.39, 0.29) is 11.5 Å². The fraction of sp³-hybridized carbons (Fsp3) is 0.0476. The molecule has 1 N–H and O–H groups in total. The van der Waals surface area contributed by atoms with Gasteiger partial charge in [-0.05, 0) is 48.0 Å². The summed E-state index contributed by atoms with van der Waals surface area (Å²) in [6.07, 6.45) is 1.31. The van der Waals surface area contributed by atoms with Crippen LogP contribution in [0.1, 0.15) is 15.9 Å². The number of hydrogen-bond donors (Lipinski definition) is 1. The van der Waals surface area contributed by atoms with Crippen LogP contribution in [0.25, 0.3) is 0 Å². The Morgan fingerprint density at radius 1 is 1.09 bits per heavy atom. The molecule has 0 unspecified atom stereocenters. The van der Waals surface area contributed by atoms with Gasteiger partial charge in [0.2, 0.25) is 0 Å². The maximum Gasteiger partial charge on any atom is 0.346 e. The van der Waals surface area contributed by atoms with Crippen LogP contribution in [0, 0.1) is 10.1 Å². The first-order valence-electron chi connectivity index (χ1n) is 9.16. The van der Waals surface area contributed by atoms with E-state index in [4.69, 9.17) is 20.5 Å². The number of hydrogen-bond acceptors (Lipinski definition) is 8. The van der Waals surface area contributed by atoms with Crippen LogP contribution in [-0.4, -0.2) is 32.6 Å². The van der Waals surface area contributed by atoms with E-state index in [1.165, 1.54) is 49.7 Å². The van der Waals surface area contributed by atoms with E-state index in [9.17, 15) is 23.3 Å². The van der Waals surface area contributed by atoms with Gasteiger partial charge >= 0.3 is 10.1 Å². The third-order valence-corrected chi connectivity index (χ3v) is 5.70. The Morgan fingerprint density at radius 3 is 2.55 bits per heavy atom. The Hall–Kier alpha value is -3.96. The van der Waals surface area contributed by atoms with E-state index in [0.717, 1.165) is 12.1 Å². The maximum atomic E-state index is 12.6. The zero-order valence-corrected chi connectivity index (χ0v) is 18.5. The fourth-order valence-electron chi connectivity index (χ4n) is 2.68. The number of methoxy groups -OCH3 is 1. The number of nitro groups is 1. The van der Waals surface area contributed by atoms with Gasteiger partial charge in [-0.25, -0.2) is 5.43 Å². The lowest BCUT2D eigenvalue weighted by Gasteiger charge is -2.11. The molecule has 0 saturated carbocycles. The van der Waals surface area contributed by atoms with Crippen molar-refractivity contribution in [3.63, 3.8) is 0 Å². The molecule has 0 aliphatic rings. The van der Waals surface area contributed by atoms with Gasteiger partial charge in [-0.2, -0.15) is 13.5 Å². The highest BCUT2D eigenvalue weighted by molar-refractivity contribution is 7.87. The zero-order chi connectivity index (χ0) is 24.0. The Labute approximate surface area is 193 Å². The summed E-state index contributed by atoms with van der Waals surface area (Å²) >= 11 is 5.86. The first-order valence-corrected chi connectivity index (χ1v) is 10.9. The normalized spacial score (nSPS) is 11.2. The summed E-state index contributed by atoms with van der Waals surface area (Å²) in [6.45, 7) is 0. The molecule has 3 rings (SSSR count). The molecule has 12 heteroatoms. The molecule has 0 bridgehead atoms. The Balaban J connectivity index is 1.78. The number of rotatable bonds is 8. The second-order valence-electron chi connectivity index (χ2n) is 6.38. The van der Waals surface area contributed by atoms with E-state index in [0.29, 0.717) is 16.1 Å². The van der Waals surface area contributed by atoms with Crippen molar-refractivity contribution in [2.24, 2.45) is 5.10 Å². The minimum absolute atomic E-state index is 0.0299. The summed E-state index contributed by atoms with van der Waals surface area (Å²) in [5.41, 5.74) is 2.50. The van der Waals surface area contributed by atoms with Gasteiger partial charge < -0.3 is 8.92 Å².